The van der Waals surface area contributed by atoms with Gasteiger partial charge in [0.15, 0.2) is 0 Å². The molecule has 3 rings (SSSR count). The van der Waals surface area contributed by atoms with Crippen molar-refractivity contribution in [3.05, 3.63) is 70.5 Å². The summed E-state index contributed by atoms with van der Waals surface area (Å²) in [6, 6.07) is 17.5. The molecule has 0 saturated carbocycles. The van der Waals surface area contributed by atoms with Gasteiger partial charge in [-0.2, -0.15) is 0 Å². The van der Waals surface area contributed by atoms with Crippen molar-refractivity contribution in [2.75, 3.05) is 6.61 Å². The van der Waals surface area contributed by atoms with Crippen LogP contribution in [0.15, 0.2) is 59.4 Å². The fourth-order valence-corrected chi connectivity index (χ4v) is 2.84. The van der Waals surface area contributed by atoms with E-state index in [0.717, 1.165) is 11.1 Å². The molecule has 124 valence electrons. The van der Waals surface area contributed by atoms with Crippen LogP contribution in [0, 0.1) is 0 Å². The molecule has 0 unspecified atom stereocenters. The van der Waals surface area contributed by atoms with Gasteiger partial charge in [0, 0.05) is 0 Å². The van der Waals surface area contributed by atoms with Crippen LogP contribution >= 0.6 is 0 Å². The first-order valence-corrected chi connectivity index (χ1v) is 8.08. The number of esters is 1. The maximum absolute atomic E-state index is 12.7. The molecule has 5 heteroatoms. The fourth-order valence-electron chi connectivity index (χ4n) is 2.84. The third kappa shape index (κ3) is 3.25. The molecule has 24 heavy (non-hydrogen) atoms. The largest absolute Gasteiger partial charge is 0.466 e. The Bertz CT molecular complexity index is 894. The second kappa shape index (κ2) is 7.17. The summed E-state index contributed by atoms with van der Waals surface area (Å²) >= 11 is 0. The molecule has 0 bridgehead atoms. The molecule has 2 aromatic carbocycles. The molecule has 0 radical (unpaired) electrons. The number of hydrogen-bond acceptors (Lipinski definition) is 3. The Morgan fingerprint density at radius 2 is 1.71 bits per heavy atom. The summed E-state index contributed by atoms with van der Waals surface area (Å²) in [5.41, 5.74) is 1.89. The standard InChI is InChI=1S/C19H20N2O3/c1-2-24-18(22)12-13-20-19(23)16-10-6-7-11-17(16)21(20)14-15-8-4-3-5-9-15/h3-11H,2,12-14H2,1H3. The van der Waals surface area contributed by atoms with Crippen LogP contribution in [0.5, 0.6) is 0 Å². The van der Waals surface area contributed by atoms with Crippen molar-refractivity contribution >= 4 is 16.9 Å². The Balaban J connectivity index is 1.99. The Morgan fingerprint density at radius 3 is 2.46 bits per heavy atom. The summed E-state index contributed by atoms with van der Waals surface area (Å²) < 4.78 is 8.54. The number of nitrogens with zero attached hydrogens (tertiary/aromatic N) is 2. The van der Waals surface area contributed by atoms with E-state index in [1.807, 2.05) is 59.3 Å². The number of para-hydroxylation sites is 1. The second-order valence-electron chi connectivity index (χ2n) is 5.54. The molecule has 0 saturated heterocycles. The summed E-state index contributed by atoms with van der Waals surface area (Å²) in [6.07, 6.45) is 0.179. The highest BCUT2D eigenvalue weighted by Crippen LogP contribution is 2.14. The van der Waals surface area contributed by atoms with Gasteiger partial charge in [0.1, 0.15) is 0 Å². The lowest BCUT2D eigenvalue weighted by atomic mass is 10.2. The molecular formula is C19H20N2O3. The molecule has 0 N–H and O–H groups in total. The molecule has 0 atom stereocenters. The fraction of sp³-hybridized carbons (Fsp3) is 0.263. The first-order chi connectivity index (χ1) is 11.7. The molecule has 0 aliphatic rings. The zero-order valence-electron chi connectivity index (χ0n) is 13.6. The van der Waals surface area contributed by atoms with Crippen LogP contribution in [-0.4, -0.2) is 21.9 Å². The normalized spacial score (nSPS) is 10.9. The second-order valence-corrected chi connectivity index (χ2v) is 5.54. The minimum atomic E-state index is -0.291. The minimum Gasteiger partial charge on any atom is -0.466 e. The average molecular weight is 324 g/mol. The highest BCUT2D eigenvalue weighted by Gasteiger charge is 2.14. The first kappa shape index (κ1) is 16.1. The number of ether oxygens (including phenoxy) is 1. The van der Waals surface area contributed by atoms with Crippen LogP contribution in [-0.2, 0) is 22.6 Å². The van der Waals surface area contributed by atoms with Crippen molar-refractivity contribution in [3.8, 4) is 0 Å². The maximum Gasteiger partial charge on any atom is 0.307 e. The van der Waals surface area contributed by atoms with Crippen molar-refractivity contribution < 1.29 is 9.53 Å². The van der Waals surface area contributed by atoms with Crippen molar-refractivity contribution in [2.24, 2.45) is 0 Å². The number of fused-ring (bicyclic) bond motifs is 1. The number of aromatic nitrogens is 2. The van der Waals surface area contributed by atoms with E-state index in [4.69, 9.17) is 4.74 Å². The van der Waals surface area contributed by atoms with Gasteiger partial charge in [-0.1, -0.05) is 42.5 Å². The Hall–Kier alpha value is -2.82. The molecule has 1 aromatic heterocycles. The summed E-state index contributed by atoms with van der Waals surface area (Å²) in [5.74, 6) is -0.291. The molecule has 0 fully saturated rings. The molecule has 1 heterocycles. The van der Waals surface area contributed by atoms with Gasteiger partial charge in [0.2, 0.25) is 0 Å². The van der Waals surface area contributed by atoms with Crippen molar-refractivity contribution in [1.82, 2.24) is 9.36 Å². The molecule has 5 nitrogen and oxygen atoms in total. The van der Waals surface area contributed by atoms with Gasteiger partial charge in [-0.05, 0) is 24.6 Å². The van der Waals surface area contributed by atoms with Crippen LogP contribution in [0.2, 0.25) is 0 Å². The van der Waals surface area contributed by atoms with E-state index >= 15 is 0 Å². The van der Waals surface area contributed by atoms with Gasteiger partial charge in [0.05, 0.1) is 37.0 Å². The Labute approximate surface area is 140 Å². The average Bonchev–Trinajstić information content (AvgIpc) is 2.87. The smallest absolute Gasteiger partial charge is 0.307 e. The van der Waals surface area contributed by atoms with Crippen molar-refractivity contribution in [3.63, 3.8) is 0 Å². The predicted molar refractivity (Wildman–Crippen MR) is 93.0 cm³/mol. The number of hydrogen-bond donors (Lipinski definition) is 0. The van der Waals surface area contributed by atoms with Crippen molar-refractivity contribution in [2.45, 2.75) is 26.4 Å². The molecule has 0 spiro atoms. The van der Waals surface area contributed by atoms with Gasteiger partial charge >= 0.3 is 5.97 Å². The van der Waals surface area contributed by atoms with Gasteiger partial charge in [-0.3, -0.25) is 14.3 Å². The van der Waals surface area contributed by atoms with Crippen LogP contribution in [0.4, 0.5) is 0 Å². The van der Waals surface area contributed by atoms with Crippen LogP contribution in [0.1, 0.15) is 18.9 Å². The summed E-state index contributed by atoms with van der Waals surface area (Å²) in [5, 5.41) is 0.664. The van der Waals surface area contributed by atoms with Gasteiger partial charge < -0.3 is 4.74 Å². The summed E-state index contributed by atoms with van der Waals surface area (Å²) in [4.78, 5) is 24.4. The van der Waals surface area contributed by atoms with Crippen LogP contribution < -0.4 is 5.56 Å². The third-order valence-electron chi connectivity index (χ3n) is 3.95. The van der Waals surface area contributed by atoms with E-state index in [9.17, 15) is 9.59 Å². The van der Waals surface area contributed by atoms with Crippen LogP contribution in [0.25, 0.3) is 10.9 Å². The van der Waals surface area contributed by atoms with Gasteiger partial charge in [-0.25, -0.2) is 4.68 Å². The zero-order valence-corrected chi connectivity index (χ0v) is 13.6. The first-order valence-electron chi connectivity index (χ1n) is 8.08. The quantitative estimate of drug-likeness (QED) is 0.655. The molecule has 0 amide bonds. The zero-order chi connectivity index (χ0) is 16.9. The Morgan fingerprint density at radius 1 is 1.00 bits per heavy atom. The van der Waals surface area contributed by atoms with E-state index in [-0.39, 0.29) is 17.9 Å². The SMILES string of the molecule is CCOC(=O)CCn1c(=O)c2ccccc2n1Cc1ccccc1. The van der Waals surface area contributed by atoms with E-state index in [0.29, 0.717) is 25.1 Å². The molecule has 0 aliphatic heterocycles. The lowest BCUT2D eigenvalue weighted by Crippen LogP contribution is -2.25. The molecular weight excluding hydrogens is 304 g/mol. The number of rotatable bonds is 6. The number of carbonyl (C=O) groups excluding carboxylic acids is 1. The lowest BCUT2D eigenvalue weighted by Gasteiger charge is -2.13. The topological polar surface area (TPSA) is 53.2 Å². The van der Waals surface area contributed by atoms with Crippen molar-refractivity contribution in [1.29, 1.82) is 0 Å². The number of carbonyl (C=O) groups is 1. The maximum atomic E-state index is 12.7. The third-order valence-corrected chi connectivity index (χ3v) is 3.95. The van der Waals surface area contributed by atoms with E-state index in [1.165, 1.54) is 0 Å². The van der Waals surface area contributed by atoms with E-state index in [2.05, 4.69) is 0 Å². The summed E-state index contributed by atoms with van der Waals surface area (Å²) in [7, 11) is 0. The van der Waals surface area contributed by atoms with E-state index < -0.39 is 0 Å². The van der Waals surface area contributed by atoms with Gasteiger partial charge in [-0.15, -0.1) is 0 Å². The molecule has 3 aromatic rings. The predicted octanol–water partition coefficient (Wildman–Crippen LogP) is 2.80. The summed E-state index contributed by atoms with van der Waals surface area (Å²) in [6.45, 7) is 3.00. The number of benzene rings is 2. The minimum absolute atomic E-state index is 0.0779. The molecule has 0 aliphatic carbocycles. The highest BCUT2D eigenvalue weighted by atomic mass is 16.5. The van der Waals surface area contributed by atoms with Crippen LogP contribution in [0.3, 0.4) is 0 Å². The van der Waals surface area contributed by atoms with E-state index in [1.54, 1.807) is 11.6 Å². The van der Waals surface area contributed by atoms with Gasteiger partial charge in [0.25, 0.3) is 5.56 Å². The lowest BCUT2D eigenvalue weighted by molar-refractivity contribution is -0.143. The highest BCUT2D eigenvalue weighted by molar-refractivity contribution is 5.78. The Kier molecular flexibility index (Phi) is 4.79. The monoisotopic (exact) mass is 324 g/mol.